The topological polar surface area (TPSA) is 60.8 Å². The molecule has 0 aliphatic heterocycles. The molecule has 0 aliphatic rings. The highest BCUT2D eigenvalue weighted by Gasteiger charge is 2.20. The lowest BCUT2D eigenvalue weighted by Crippen LogP contribution is -2.29. The Morgan fingerprint density at radius 3 is 2.26 bits per heavy atom. The van der Waals surface area contributed by atoms with Gasteiger partial charge >= 0.3 is 5.97 Å². The summed E-state index contributed by atoms with van der Waals surface area (Å²) in [5.74, 6) is -1.58. The first-order valence-electron chi connectivity index (χ1n) is 7.66. The number of aliphatic hydroxyl groups is 1. The van der Waals surface area contributed by atoms with Crippen LogP contribution in [0.2, 0.25) is 0 Å². The minimum Gasteiger partial charge on any atom is -0.481 e. The average Bonchev–Trinajstić information content (AvgIpc) is 2.40. The Morgan fingerprint density at radius 1 is 1.11 bits per heavy atom. The number of hydrogen-bond acceptors (Lipinski definition) is 3. The van der Waals surface area contributed by atoms with Crippen molar-refractivity contribution in [3.8, 4) is 0 Å². The molecule has 0 heterocycles. The SMILES string of the molecule is CCCCCCN(CC)CCCC(O)C(C)C(=O)O. The van der Waals surface area contributed by atoms with Crippen molar-refractivity contribution in [3.05, 3.63) is 0 Å². The van der Waals surface area contributed by atoms with Crippen molar-refractivity contribution in [3.63, 3.8) is 0 Å². The highest BCUT2D eigenvalue weighted by Crippen LogP contribution is 2.10. The highest BCUT2D eigenvalue weighted by atomic mass is 16.4. The molecule has 0 aromatic heterocycles. The molecule has 2 N–H and O–H groups in total. The van der Waals surface area contributed by atoms with Crippen molar-refractivity contribution < 1.29 is 15.0 Å². The normalized spacial score (nSPS) is 14.6. The Bertz CT molecular complexity index is 233. The number of rotatable bonds is 12. The lowest BCUT2D eigenvalue weighted by atomic mass is 10.0. The van der Waals surface area contributed by atoms with Crippen LogP contribution in [0.1, 0.15) is 59.3 Å². The number of aliphatic hydroxyl groups excluding tert-OH is 1. The van der Waals surface area contributed by atoms with Gasteiger partial charge in [-0.25, -0.2) is 0 Å². The van der Waals surface area contributed by atoms with Gasteiger partial charge in [-0.05, 0) is 45.8 Å². The van der Waals surface area contributed by atoms with E-state index >= 15 is 0 Å². The van der Waals surface area contributed by atoms with E-state index in [1.165, 1.54) is 25.7 Å². The molecule has 114 valence electrons. The van der Waals surface area contributed by atoms with Gasteiger partial charge in [0.2, 0.25) is 0 Å². The molecule has 2 atom stereocenters. The molecular formula is C15H31NO3. The number of aliphatic carboxylic acids is 1. The average molecular weight is 273 g/mol. The van der Waals surface area contributed by atoms with Crippen molar-refractivity contribution in [2.24, 2.45) is 5.92 Å². The number of carboxylic acid groups (broad SMARTS) is 1. The van der Waals surface area contributed by atoms with E-state index < -0.39 is 18.0 Å². The molecule has 0 rings (SSSR count). The van der Waals surface area contributed by atoms with Crippen LogP contribution in [0.4, 0.5) is 0 Å². The summed E-state index contributed by atoms with van der Waals surface area (Å²) in [4.78, 5) is 13.1. The Morgan fingerprint density at radius 2 is 1.74 bits per heavy atom. The summed E-state index contributed by atoms with van der Waals surface area (Å²) >= 11 is 0. The quantitative estimate of drug-likeness (QED) is 0.537. The fraction of sp³-hybridized carbons (Fsp3) is 0.933. The summed E-state index contributed by atoms with van der Waals surface area (Å²) in [5, 5.41) is 18.5. The molecule has 0 saturated heterocycles. The maximum atomic E-state index is 10.7. The van der Waals surface area contributed by atoms with Gasteiger partial charge in [0.05, 0.1) is 12.0 Å². The largest absolute Gasteiger partial charge is 0.481 e. The smallest absolute Gasteiger partial charge is 0.308 e. The summed E-state index contributed by atoms with van der Waals surface area (Å²) < 4.78 is 0. The van der Waals surface area contributed by atoms with Crippen LogP contribution in [-0.2, 0) is 4.79 Å². The third-order valence-electron chi connectivity index (χ3n) is 3.72. The van der Waals surface area contributed by atoms with Crippen LogP contribution in [0.25, 0.3) is 0 Å². The van der Waals surface area contributed by atoms with Gasteiger partial charge in [-0.2, -0.15) is 0 Å². The highest BCUT2D eigenvalue weighted by molar-refractivity contribution is 5.70. The Kier molecular flexibility index (Phi) is 10.9. The maximum absolute atomic E-state index is 10.7. The van der Waals surface area contributed by atoms with Crippen molar-refractivity contribution in [1.29, 1.82) is 0 Å². The van der Waals surface area contributed by atoms with Crippen LogP contribution in [-0.4, -0.2) is 46.8 Å². The van der Waals surface area contributed by atoms with Crippen LogP contribution < -0.4 is 0 Å². The second-order valence-electron chi connectivity index (χ2n) is 5.33. The van der Waals surface area contributed by atoms with Crippen molar-refractivity contribution in [2.75, 3.05) is 19.6 Å². The Balaban J connectivity index is 3.73. The van der Waals surface area contributed by atoms with Gasteiger partial charge in [-0.1, -0.05) is 33.1 Å². The predicted octanol–water partition coefficient (Wildman–Crippen LogP) is 2.75. The number of carboxylic acids is 1. The van der Waals surface area contributed by atoms with E-state index in [0.29, 0.717) is 6.42 Å². The number of hydrogen-bond donors (Lipinski definition) is 2. The molecule has 0 radical (unpaired) electrons. The fourth-order valence-electron chi connectivity index (χ4n) is 2.13. The number of carbonyl (C=O) groups is 1. The first-order chi connectivity index (χ1) is 9.02. The zero-order chi connectivity index (χ0) is 14.7. The molecule has 0 fully saturated rings. The van der Waals surface area contributed by atoms with Crippen LogP contribution in [0.3, 0.4) is 0 Å². The lowest BCUT2D eigenvalue weighted by molar-refractivity contribution is -0.145. The Labute approximate surface area is 117 Å². The molecule has 19 heavy (non-hydrogen) atoms. The summed E-state index contributed by atoms with van der Waals surface area (Å²) in [6.45, 7) is 9.01. The van der Waals surface area contributed by atoms with Crippen molar-refractivity contribution in [1.82, 2.24) is 4.90 Å². The first kappa shape index (κ1) is 18.4. The zero-order valence-corrected chi connectivity index (χ0v) is 12.8. The third-order valence-corrected chi connectivity index (χ3v) is 3.72. The molecule has 0 aromatic carbocycles. The van der Waals surface area contributed by atoms with Gasteiger partial charge in [0.25, 0.3) is 0 Å². The molecule has 0 spiro atoms. The Hall–Kier alpha value is -0.610. The van der Waals surface area contributed by atoms with E-state index in [1.807, 2.05) is 0 Å². The fourth-order valence-corrected chi connectivity index (χ4v) is 2.13. The van der Waals surface area contributed by atoms with Crippen LogP contribution in [0.15, 0.2) is 0 Å². The van der Waals surface area contributed by atoms with Crippen molar-refractivity contribution >= 4 is 5.97 Å². The van der Waals surface area contributed by atoms with Crippen LogP contribution >= 0.6 is 0 Å². The van der Waals surface area contributed by atoms with Gasteiger partial charge in [-0.15, -0.1) is 0 Å². The van der Waals surface area contributed by atoms with Gasteiger partial charge in [0, 0.05) is 0 Å². The summed E-state index contributed by atoms with van der Waals surface area (Å²) in [7, 11) is 0. The first-order valence-corrected chi connectivity index (χ1v) is 7.66. The van der Waals surface area contributed by atoms with Crippen molar-refractivity contribution in [2.45, 2.75) is 65.4 Å². The molecule has 2 unspecified atom stereocenters. The minimum atomic E-state index is -0.917. The molecule has 0 aromatic rings. The molecule has 4 heteroatoms. The number of unbranched alkanes of at least 4 members (excludes halogenated alkanes) is 3. The summed E-state index contributed by atoms with van der Waals surface area (Å²) in [6.07, 6.45) is 5.77. The zero-order valence-electron chi connectivity index (χ0n) is 12.8. The minimum absolute atomic E-state index is 0.568. The van der Waals surface area contributed by atoms with Gasteiger partial charge in [0.15, 0.2) is 0 Å². The second-order valence-corrected chi connectivity index (χ2v) is 5.33. The summed E-state index contributed by atoms with van der Waals surface area (Å²) in [6, 6.07) is 0. The third kappa shape index (κ3) is 9.00. The van der Waals surface area contributed by atoms with Gasteiger partial charge in [-0.3, -0.25) is 4.79 Å². The molecule has 0 aliphatic carbocycles. The van der Waals surface area contributed by atoms with E-state index in [4.69, 9.17) is 5.11 Å². The van der Waals surface area contributed by atoms with E-state index in [1.54, 1.807) is 6.92 Å². The van der Waals surface area contributed by atoms with Crippen LogP contribution in [0.5, 0.6) is 0 Å². The summed E-state index contributed by atoms with van der Waals surface area (Å²) in [5.41, 5.74) is 0. The maximum Gasteiger partial charge on any atom is 0.308 e. The van der Waals surface area contributed by atoms with E-state index in [0.717, 1.165) is 26.1 Å². The molecule has 0 amide bonds. The van der Waals surface area contributed by atoms with E-state index in [-0.39, 0.29) is 0 Å². The monoisotopic (exact) mass is 273 g/mol. The number of nitrogens with zero attached hydrogens (tertiary/aromatic N) is 1. The lowest BCUT2D eigenvalue weighted by Gasteiger charge is -2.21. The van der Waals surface area contributed by atoms with Crippen LogP contribution in [0, 0.1) is 5.92 Å². The molecular weight excluding hydrogens is 242 g/mol. The van der Waals surface area contributed by atoms with E-state index in [2.05, 4.69) is 18.7 Å². The van der Waals surface area contributed by atoms with Gasteiger partial charge < -0.3 is 15.1 Å². The molecule has 0 bridgehead atoms. The van der Waals surface area contributed by atoms with Gasteiger partial charge in [0.1, 0.15) is 0 Å². The second kappa shape index (κ2) is 11.2. The van der Waals surface area contributed by atoms with E-state index in [9.17, 15) is 9.90 Å². The molecule has 0 saturated carbocycles. The standard InChI is InChI=1S/C15H31NO3/c1-4-6-7-8-11-16(5-2)12-9-10-14(17)13(3)15(18)19/h13-14,17H,4-12H2,1-3H3,(H,18,19). The predicted molar refractivity (Wildman–Crippen MR) is 78.3 cm³/mol. The molecule has 4 nitrogen and oxygen atoms in total.